The summed E-state index contributed by atoms with van der Waals surface area (Å²) in [5.41, 5.74) is 0. The van der Waals surface area contributed by atoms with Crippen LogP contribution in [0.5, 0.6) is 0 Å². The molecule has 0 fully saturated rings. The minimum atomic E-state index is -1.27. The Bertz CT molecular complexity index is 1710. The van der Waals surface area contributed by atoms with E-state index in [1.807, 2.05) is 45.3 Å². The molecule has 7 rings (SSSR count). The Hall–Kier alpha value is -0.586. The summed E-state index contributed by atoms with van der Waals surface area (Å²) in [5.74, 6) is 0. The van der Waals surface area contributed by atoms with Crippen molar-refractivity contribution in [3.63, 3.8) is 0 Å². The molecule has 7 aromatic rings. The van der Waals surface area contributed by atoms with Crippen molar-refractivity contribution in [1.82, 2.24) is 0 Å². The molecule has 0 aliphatic heterocycles. The molecule has 0 spiro atoms. The molecular formula is C24H22S6Si2. The molecule has 0 bridgehead atoms. The topological polar surface area (TPSA) is 0 Å². The zero-order chi connectivity index (χ0) is 22.2. The second-order valence-corrected chi connectivity index (χ2v) is 28.2. The third-order valence-corrected chi connectivity index (χ3v) is 20.9. The van der Waals surface area contributed by atoms with E-state index >= 15 is 0 Å². The maximum atomic E-state index is 2.53. The lowest BCUT2D eigenvalue weighted by Crippen LogP contribution is -2.34. The number of hydrogen-bond donors (Lipinski definition) is 0. The molecule has 0 atom stereocenters. The van der Waals surface area contributed by atoms with E-state index in [4.69, 9.17) is 0 Å². The Labute approximate surface area is 212 Å². The number of rotatable bonds is 2. The van der Waals surface area contributed by atoms with E-state index < -0.39 is 16.1 Å². The molecule has 0 saturated heterocycles. The summed E-state index contributed by atoms with van der Waals surface area (Å²) in [6, 6.07) is 9.82. The Morgan fingerprint density at radius 3 is 1.28 bits per heavy atom. The molecular weight excluding hydrogens is 537 g/mol. The summed E-state index contributed by atoms with van der Waals surface area (Å²) in [6.45, 7) is 14.8. The number of fused-ring (bicyclic) bond motifs is 11. The average molecular weight is 559 g/mol. The first-order valence-corrected chi connectivity index (χ1v) is 22.7. The van der Waals surface area contributed by atoms with Gasteiger partial charge < -0.3 is 0 Å². The van der Waals surface area contributed by atoms with Gasteiger partial charge in [-0.2, -0.15) is 0 Å². The van der Waals surface area contributed by atoms with E-state index in [2.05, 4.69) is 86.2 Å². The molecule has 0 saturated carbocycles. The first-order chi connectivity index (χ1) is 15.1. The maximum absolute atomic E-state index is 2.53. The normalized spacial score (nSPS) is 13.9. The molecule has 32 heavy (non-hydrogen) atoms. The second-order valence-electron chi connectivity index (χ2n) is 10.7. The molecule has 0 nitrogen and oxygen atoms in total. The zero-order valence-electron chi connectivity index (χ0n) is 18.8. The van der Waals surface area contributed by atoms with Crippen molar-refractivity contribution >= 4 is 151 Å². The number of benzene rings is 1. The highest BCUT2D eigenvalue weighted by molar-refractivity contribution is 7.50. The predicted molar refractivity (Wildman–Crippen MR) is 165 cm³/mol. The smallest absolute Gasteiger partial charge is 0.0904 e. The molecule has 6 heterocycles. The maximum Gasteiger partial charge on any atom is 0.0904 e. The van der Waals surface area contributed by atoms with Crippen molar-refractivity contribution in [3.05, 3.63) is 24.3 Å². The highest BCUT2D eigenvalue weighted by atomic mass is 32.2. The largest absolute Gasteiger partial charge is 0.134 e. The van der Waals surface area contributed by atoms with E-state index in [-0.39, 0.29) is 0 Å². The van der Waals surface area contributed by atoms with Crippen molar-refractivity contribution in [2.24, 2.45) is 0 Å². The van der Waals surface area contributed by atoms with Gasteiger partial charge in [-0.05, 0) is 33.3 Å². The van der Waals surface area contributed by atoms with Crippen molar-refractivity contribution in [2.45, 2.75) is 39.3 Å². The van der Waals surface area contributed by atoms with E-state index in [0.717, 1.165) is 0 Å². The highest BCUT2D eigenvalue weighted by Gasteiger charge is 2.26. The molecule has 0 aliphatic carbocycles. The van der Waals surface area contributed by atoms with Crippen LogP contribution < -0.4 is 9.00 Å². The van der Waals surface area contributed by atoms with Crippen LogP contribution in [0.2, 0.25) is 39.3 Å². The van der Waals surface area contributed by atoms with Gasteiger partial charge in [0, 0.05) is 30.9 Å². The van der Waals surface area contributed by atoms with Gasteiger partial charge in [-0.1, -0.05) is 39.3 Å². The zero-order valence-corrected chi connectivity index (χ0v) is 25.7. The van der Waals surface area contributed by atoms with E-state index in [1.165, 1.54) is 57.8 Å². The molecule has 1 aromatic carbocycles. The molecule has 162 valence electrons. The Balaban J connectivity index is 1.57. The Morgan fingerprint density at radius 1 is 0.500 bits per heavy atom. The summed E-state index contributed by atoms with van der Waals surface area (Å²) in [7, 11) is -2.54. The molecule has 0 aliphatic rings. The molecule has 0 amide bonds. The van der Waals surface area contributed by atoms with Crippen LogP contribution in [0.15, 0.2) is 24.3 Å². The van der Waals surface area contributed by atoms with Gasteiger partial charge in [0.1, 0.15) is 0 Å². The van der Waals surface area contributed by atoms with Crippen LogP contribution in [-0.2, 0) is 0 Å². The Kier molecular flexibility index (Phi) is 4.24. The monoisotopic (exact) mass is 558 g/mol. The van der Waals surface area contributed by atoms with Gasteiger partial charge in [0.05, 0.1) is 43.0 Å². The predicted octanol–water partition coefficient (Wildman–Crippen LogP) is 10.1. The van der Waals surface area contributed by atoms with Crippen LogP contribution in [0, 0.1) is 0 Å². The first kappa shape index (κ1) is 20.8. The highest BCUT2D eigenvalue weighted by Crippen LogP contribution is 2.53. The summed E-state index contributed by atoms with van der Waals surface area (Å²) in [6.07, 6.45) is 0. The van der Waals surface area contributed by atoms with Gasteiger partial charge in [-0.15, -0.1) is 68.0 Å². The van der Waals surface area contributed by atoms with Crippen molar-refractivity contribution in [1.29, 1.82) is 0 Å². The van der Waals surface area contributed by atoms with E-state index in [0.29, 0.717) is 0 Å². The standard InChI is InChI=1S/C24H22S6Si2/c1-31(2,3)15-9-11-19-21(29-23(11)27-15)17-13(25-19)7-8-14-18(17)22-20(26-14)12-10-16(32(4,5)6)28-24(12)30-22/h7-10H,1-6H3. The van der Waals surface area contributed by atoms with Crippen LogP contribution in [0.1, 0.15) is 0 Å². The SMILES string of the molecule is C[Si](C)(C)c1cc2c(s1)sc1c2sc2ccc3sc4c5cc([Si](C)(C)C)sc5sc4c3c21. The summed E-state index contributed by atoms with van der Waals surface area (Å²) >= 11 is 12.2. The van der Waals surface area contributed by atoms with Gasteiger partial charge >= 0.3 is 0 Å². The third kappa shape index (κ3) is 2.78. The fourth-order valence-electron chi connectivity index (χ4n) is 4.42. The van der Waals surface area contributed by atoms with Crippen LogP contribution in [0.25, 0.3) is 57.8 Å². The quantitative estimate of drug-likeness (QED) is 0.185. The minimum Gasteiger partial charge on any atom is -0.134 e. The van der Waals surface area contributed by atoms with Crippen molar-refractivity contribution in [3.8, 4) is 0 Å². The van der Waals surface area contributed by atoms with E-state index in [9.17, 15) is 0 Å². The van der Waals surface area contributed by atoms with Crippen molar-refractivity contribution < 1.29 is 0 Å². The summed E-state index contributed by atoms with van der Waals surface area (Å²) in [5, 5.41) is 6.08. The lowest BCUT2D eigenvalue weighted by atomic mass is 10.1. The fourth-order valence-corrected chi connectivity index (χ4v) is 16.8. The van der Waals surface area contributed by atoms with Gasteiger partial charge in [0.15, 0.2) is 0 Å². The summed E-state index contributed by atoms with van der Waals surface area (Å²) in [4.78, 5) is 0. The van der Waals surface area contributed by atoms with Gasteiger partial charge in [-0.25, -0.2) is 0 Å². The van der Waals surface area contributed by atoms with Crippen LogP contribution in [-0.4, -0.2) is 16.1 Å². The van der Waals surface area contributed by atoms with Crippen LogP contribution in [0.4, 0.5) is 0 Å². The van der Waals surface area contributed by atoms with Crippen molar-refractivity contribution in [2.75, 3.05) is 0 Å². The summed E-state index contributed by atoms with van der Waals surface area (Å²) < 4.78 is 15.3. The average Bonchev–Trinajstić information content (AvgIpc) is 3.45. The number of thiophene rings is 6. The second kappa shape index (κ2) is 6.54. The minimum absolute atomic E-state index is 1.27. The fraction of sp³-hybridized carbons (Fsp3) is 0.250. The lowest BCUT2D eigenvalue weighted by Gasteiger charge is -2.11. The van der Waals surface area contributed by atoms with Crippen LogP contribution in [0.3, 0.4) is 0 Å². The van der Waals surface area contributed by atoms with Gasteiger partial charge in [-0.3, -0.25) is 0 Å². The number of hydrogen-bond acceptors (Lipinski definition) is 6. The first-order valence-electron chi connectivity index (χ1n) is 10.8. The Morgan fingerprint density at radius 2 is 0.906 bits per heavy atom. The molecule has 8 heteroatoms. The van der Waals surface area contributed by atoms with Crippen LogP contribution >= 0.6 is 68.0 Å². The molecule has 0 radical (unpaired) electrons. The third-order valence-electron chi connectivity index (χ3n) is 6.17. The lowest BCUT2D eigenvalue weighted by molar-refractivity contribution is 1.79. The molecule has 0 N–H and O–H groups in total. The van der Waals surface area contributed by atoms with Gasteiger partial charge in [0.25, 0.3) is 0 Å². The molecule has 0 unspecified atom stereocenters. The molecule has 6 aromatic heterocycles. The van der Waals surface area contributed by atoms with Gasteiger partial charge in [0.2, 0.25) is 0 Å². The van der Waals surface area contributed by atoms with E-state index in [1.54, 1.807) is 9.00 Å².